The zero-order valence-electron chi connectivity index (χ0n) is 25.7. The number of aromatic nitrogens is 3. The van der Waals surface area contributed by atoms with Crippen molar-refractivity contribution < 1.29 is 69.3 Å². The first-order chi connectivity index (χ1) is 23.5. The van der Waals surface area contributed by atoms with Crippen LogP contribution in [-0.4, -0.2) is 101 Å². The van der Waals surface area contributed by atoms with Gasteiger partial charge in [-0.1, -0.05) is 5.21 Å². The molecular weight excluding hydrogens is 652 g/mol. The Hall–Kier alpha value is -5.69. The van der Waals surface area contributed by atoms with E-state index in [9.17, 15) is 45.6 Å². The van der Waals surface area contributed by atoms with Crippen molar-refractivity contribution >= 4 is 5.97 Å². The van der Waals surface area contributed by atoms with Crippen LogP contribution in [0, 0.1) is 0 Å². The number of ether oxygens (including phenoxy) is 5. The molecule has 3 aromatic carbocycles. The Bertz CT molecular complexity index is 1750. The van der Waals surface area contributed by atoms with Gasteiger partial charge in [-0.05, 0) is 24.3 Å². The maximum absolute atomic E-state index is 13.4. The van der Waals surface area contributed by atoms with Crippen molar-refractivity contribution in [3.63, 3.8) is 0 Å². The minimum absolute atomic E-state index is 0.0385. The molecule has 0 spiro atoms. The van der Waals surface area contributed by atoms with E-state index in [1.807, 2.05) is 0 Å². The summed E-state index contributed by atoms with van der Waals surface area (Å²) in [6.07, 6.45) is -2.84. The van der Waals surface area contributed by atoms with Crippen molar-refractivity contribution in [2.75, 3.05) is 33.0 Å². The molecule has 0 saturated heterocycles. The minimum atomic E-state index is -1.57. The highest BCUT2D eigenvalue weighted by Crippen LogP contribution is 2.51. The minimum Gasteiger partial charge on any atom is -0.508 e. The topological polar surface area (TPSA) is 282 Å². The van der Waals surface area contributed by atoms with E-state index < -0.39 is 75.8 Å². The number of rotatable bonds is 14. The van der Waals surface area contributed by atoms with Crippen molar-refractivity contribution in [1.82, 2.24) is 15.0 Å². The van der Waals surface area contributed by atoms with E-state index in [1.54, 1.807) is 6.20 Å². The Labute approximate surface area is 277 Å². The molecule has 0 fully saturated rings. The fourth-order valence-corrected chi connectivity index (χ4v) is 5.02. The monoisotopic (exact) mass is 686 g/mol. The van der Waals surface area contributed by atoms with E-state index in [-0.39, 0.29) is 23.5 Å². The van der Waals surface area contributed by atoms with Crippen molar-refractivity contribution in [3.8, 4) is 51.7 Å². The smallest absolute Gasteiger partial charge is 0.338 e. The molecule has 18 nitrogen and oxygen atoms in total. The highest BCUT2D eigenvalue weighted by molar-refractivity contribution is 5.91. The Balaban J connectivity index is 1.46. The van der Waals surface area contributed by atoms with Gasteiger partial charge in [0, 0.05) is 24.2 Å². The van der Waals surface area contributed by atoms with Gasteiger partial charge < -0.3 is 70.3 Å². The molecule has 0 radical (unpaired) electrons. The molecule has 10 N–H and O–H groups in total. The van der Waals surface area contributed by atoms with Gasteiger partial charge in [0.05, 0.1) is 56.9 Å². The Kier molecular flexibility index (Phi) is 10.6. The highest BCUT2D eigenvalue weighted by atomic mass is 16.6. The van der Waals surface area contributed by atoms with E-state index in [4.69, 9.17) is 29.4 Å². The number of nitrogens with two attached hydrogens (primary N) is 1. The van der Waals surface area contributed by atoms with Gasteiger partial charge in [0.2, 0.25) is 0 Å². The summed E-state index contributed by atoms with van der Waals surface area (Å²) in [4.78, 5) is 13.4. The second-order valence-corrected chi connectivity index (χ2v) is 10.8. The summed E-state index contributed by atoms with van der Waals surface area (Å²) in [6.45, 7) is 1.95. The molecule has 2 heterocycles. The molecule has 3 atom stereocenters. The fraction of sp³-hybridized carbons (Fsp3) is 0.323. The van der Waals surface area contributed by atoms with E-state index in [1.165, 1.54) is 4.68 Å². The molecule has 262 valence electrons. The van der Waals surface area contributed by atoms with Gasteiger partial charge in [-0.3, -0.25) is 0 Å². The number of hydrogen-bond donors (Lipinski definition) is 9. The third-order valence-corrected chi connectivity index (χ3v) is 7.31. The van der Waals surface area contributed by atoms with Crippen molar-refractivity contribution in [1.29, 1.82) is 0 Å². The maximum atomic E-state index is 13.4. The number of phenols is 8. The molecule has 0 saturated carbocycles. The molecule has 0 aliphatic carbocycles. The van der Waals surface area contributed by atoms with E-state index in [2.05, 4.69) is 10.3 Å². The SMILES string of the molecule is NCCOCCOCCn1cc(COC2c3c(O)cc(O)cc3OC(c3cc(O)c(O)c(O)c3)C2OC(=O)c2cc(O)c(O)c(O)c2)nn1. The van der Waals surface area contributed by atoms with Crippen LogP contribution in [0.4, 0.5) is 0 Å². The first kappa shape index (κ1) is 34.6. The number of carbonyl (C=O) groups is 1. The Morgan fingerprint density at radius 2 is 1.45 bits per heavy atom. The highest BCUT2D eigenvalue weighted by Gasteiger charge is 2.45. The number of fused-ring (bicyclic) bond motifs is 1. The molecule has 1 aliphatic heterocycles. The normalized spacial score (nSPS) is 17.0. The van der Waals surface area contributed by atoms with Crippen LogP contribution in [0.15, 0.2) is 42.6 Å². The van der Waals surface area contributed by atoms with Gasteiger partial charge in [-0.2, -0.15) is 0 Å². The molecule has 5 rings (SSSR count). The molecular formula is C31H34N4O14. The first-order valence-corrected chi connectivity index (χ1v) is 14.8. The van der Waals surface area contributed by atoms with Crippen molar-refractivity contribution in [2.45, 2.75) is 31.5 Å². The molecule has 0 amide bonds. The summed E-state index contributed by atoms with van der Waals surface area (Å²) < 4.78 is 30.3. The second-order valence-electron chi connectivity index (χ2n) is 10.8. The molecule has 1 aromatic heterocycles. The van der Waals surface area contributed by atoms with Crippen molar-refractivity contribution in [3.05, 3.63) is 65.0 Å². The van der Waals surface area contributed by atoms with Crippen molar-refractivity contribution in [2.24, 2.45) is 5.73 Å². The molecule has 18 heteroatoms. The standard InChI is InChI=1S/C31H34N4O14/c32-1-3-45-5-6-46-4-2-35-13-17(33-34-35)14-47-29-25-19(37)11-18(36)12-24(25)48-28(15-7-20(38)26(42)21(39)8-15)30(29)49-31(44)16-9-22(40)27(43)23(41)10-16/h7-13,28-30,36-43H,1-6,14,32H2. The van der Waals surface area contributed by atoms with Crippen LogP contribution in [0.25, 0.3) is 0 Å². The predicted molar refractivity (Wildman–Crippen MR) is 163 cm³/mol. The summed E-state index contributed by atoms with van der Waals surface area (Å²) in [7, 11) is 0. The van der Waals surface area contributed by atoms with Crippen LogP contribution >= 0.6 is 0 Å². The molecule has 4 aromatic rings. The first-order valence-electron chi connectivity index (χ1n) is 14.8. The lowest BCUT2D eigenvalue weighted by Gasteiger charge is -2.39. The lowest BCUT2D eigenvalue weighted by atomic mass is 9.90. The van der Waals surface area contributed by atoms with Crippen LogP contribution in [0.2, 0.25) is 0 Å². The zero-order valence-corrected chi connectivity index (χ0v) is 25.7. The van der Waals surface area contributed by atoms with Crippen LogP contribution in [-0.2, 0) is 32.1 Å². The maximum Gasteiger partial charge on any atom is 0.338 e. The number of nitrogens with zero attached hydrogens (tertiary/aromatic N) is 3. The Morgan fingerprint density at radius 3 is 2.10 bits per heavy atom. The number of esters is 1. The van der Waals surface area contributed by atoms with Gasteiger partial charge in [0.25, 0.3) is 0 Å². The van der Waals surface area contributed by atoms with Gasteiger partial charge >= 0.3 is 5.97 Å². The average molecular weight is 687 g/mol. The van der Waals surface area contributed by atoms with Crippen LogP contribution in [0.3, 0.4) is 0 Å². The largest absolute Gasteiger partial charge is 0.508 e. The number of phenolic OH excluding ortho intramolecular Hbond substituents is 8. The summed E-state index contributed by atoms with van der Waals surface area (Å²) in [6, 6.07) is 5.89. The second kappa shape index (κ2) is 15.0. The number of carbonyl (C=O) groups excluding carboxylic acids is 1. The van der Waals surface area contributed by atoms with E-state index in [0.29, 0.717) is 45.2 Å². The fourth-order valence-electron chi connectivity index (χ4n) is 5.02. The van der Waals surface area contributed by atoms with Gasteiger partial charge in [-0.15, -0.1) is 5.10 Å². The van der Waals surface area contributed by atoms with Crippen LogP contribution in [0.5, 0.6) is 51.7 Å². The summed E-state index contributed by atoms with van der Waals surface area (Å²) in [5, 5.41) is 89.5. The number of hydrogen-bond acceptors (Lipinski definition) is 17. The molecule has 0 bridgehead atoms. The summed E-state index contributed by atoms with van der Waals surface area (Å²) in [5.74, 6) is -7.03. The average Bonchev–Trinajstić information content (AvgIpc) is 3.51. The summed E-state index contributed by atoms with van der Waals surface area (Å²) >= 11 is 0. The Morgan fingerprint density at radius 1 is 0.816 bits per heavy atom. The quantitative estimate of drug-likeness (QED) is 0.0516. The molecule has 3 unspecified atom stereocenters. The molecule has 1 aliphatic rings. The molecule has 49 heavy (non-hydrogen) atoms. The van der Waals surface area contributed by atoms with Gasteiger partial charge in [0.1, 0.15) is 29.0 Å². The van der Waals surface area contributed by atoms with E-state index in [0.717, 1.165) is 36.4 Å². The van der Waals surface area contributed by atoms with E-state index >= 15 is 0 Å². The van der Waals surface area contributed by atoms with Crippen LogP contribution in [0.1, 0.15) is 39.4 Å². The predicted octanol–water partition coefficient (Wildman–Crippen LogP) is 1.53. The third-order valence-electron chi connectivity index (χ3n) is 7.31. The van der Waals surface area contributed by atoms with Crippen LogP contribution < -0.4 is 10.5 Å². The van der Waals surface area contributed by atoms with Gasteiger partial charge in [-0.25, -0.2) is 9.48 Å². The van der Waals surface area contributed by atoms with Gasteiger partial charge in [0.15, 0.2) is 46.7 Å². The lowest BCUT2D eigenvalue weighted by molar-refractivity contribution is -0.116. The number of benzene rings is 3. The zero-order chi connectivity index (χ0) is 35.2. The summed E-state index contributed by atoms with van der Waals surface area (Å²) in [5.41, 5.74) is 5.19. The third kappa shape index (κ3) is 7.90. The number of aromatic hydroxyl groups is 8. The lowest BCUT2D eigenvalue weighted by Crippen LogP contribution is -2.39.